The molecule has 1 aliphatic heterocycles. The molecule has 18 heavy (non-hydrogen) atoms. The Morgan fingerprint density at radius 2 is 2.00 bits per heavy atom. The number of nitrogens with zero attached hydrogens (tertiary/aromatic N) is 3. The van der Waals surface area contributed by atoms with E-state index in [1.165, 1.54) is 12.7 Å². The number of rotatable bonds is 3. The minimum Gasteiger partial charge on any atom is -0.490 e. The summed E-state index contributed by atoms with van der Waals surface area (Å²) in [6.07, 6.45) is 2.77. The number of methoxy groups -OCH3 is 1. The summed E-state index contributed by atoms with van der Waals surface area (Å²) in [5.41, 5.74) is 2.55. The first kappa shape index (κ1) is 12.9. The van der Waals surface area contributed by atoms with Gasteiger partial charge in [0.25, 0.3) is 0 Å². The van der Waals surface area contributed by atoms with Gasteiger partial charge in [-0.05, 0) is 18.3 Å². The van der Waals surface area contributed by atoms with Gasteiger partial charge in [-0.25, -0.2) is 15.8 Å². The van der Waals surface area contributed by atoms with E-state index in [2.05, 4.69) is 34.1 Å². The fourth-order valence-corrected chi connectivity index (χ4v) is 2.72. The van der Waals surface area contributed by atoms with Crippen LogP contribution in [0.5, 0.6) is 5.75 Å². The van der Waals surface area contributed by atoms with Gasteiger partial charge in [0.15, 0.2) is 11.6 Å². The van der Waals surface area contributed by atoms with Crippen molar-refractivity contribution in [2.75, 3.05) is 30.5 Å². The molecular formula is C12H21N5O. The van der Waals surface area contributed by atoms with Crippen molar-refractivity contribution >= 4 is 11.6 Å². The average molecular weight is 251 g/mol. The highest BCUT2D eigenvalue weighted by Gasteiger charge is 2.26. The molecule has 2 atom stereocenters. The quantitative estimate of drug-likeness (QED) is 0.622. The maximum Gasteiger partial charge on any atom is 0.205 e. The van der Waals surface area contributed by atoms with E-state index in [1.54, 1.807) is 7.11 Å². The number of nitrogens with one attached hydrogen (secondary N) is 1. The highest BCUT2D eigenvalue weighted by molar-refractivity contribution is 5.64. The summed E-state index contributed by atoms with van der Waals surface area (Å²) in [6.45, 7) is 6.50. The number of piperidine rings is 1. The number of ether oxygens (including phenoxy) is 1. The van der Waals surface area contributed by atoms with Crippen molar-refractivity contribution in [3.8, 4) is 5.75 Å². The molecule has 2 unspecified atom stereocenters. The summed E-state index contributed by atoms with van der Waals surface area (Å²) in [4.78, 5) is 10.7. The van der Waals surface area contributed by atoms with Crippen LogP contribution in [0.3, 0.4) is 0 Å². The van der Waals surface area contributed by atoms with Crippen LogP contribution < -0.4 is 20.9 Å². The zero-order chi connectivity index (χ0) is 13.1. The molecule has 0 bridgehead atoms. The monoisotopic (exact) mass is 251 g/mol. The molecule has 6 heteroatoms. The second-order valence-electron chi connectivity index (χ2n) is 5.07. The Kier molecular flexibility index (Phi) is 3.86. The summed E-state index contributed by atoms with van der Waals surface area (Å²) < 4.78 is 5.38. The lowest BCUT2D eigenvalue weighted by atomic mass is 9.92. The van der Waals surface area contributed by atoms with Gasteiger partial charge in [-0.2, -0.15) is 0 Å². The Balaban J connectivity index is 2.32. The molecule has 1 saturated heterocycles. The molecule has 2 rings (SSSR count). The average Bonchev–Trinajstić information content (AvgIpc) is 2.36. The molecule has 100 valence electrons. The fraction of sp³-hybridized carbons (Fsp3) is 0.667. The Hall–Kier alpha value is -1.56. The summed E-state index contributed by atoms with van der Waals surface area (Å²) in [7, 11) is 1.61. The first-order chi connectivity index (χ1) is 8.65. The van der Waals surface area contributed by atoms with Crippen LogP contribution in [0.2, 0.25) is 0 Å². The third-order valence-electron chi connectivity index (χ3n) is 3.29. The van der Waals surface area contributed by atoms with Crippen LogP contribution in [0.25, 0.3) is 0 Å². The van der Waals surface area contributed by atoms with Gasteiger partial charge < -0.3 is 15.1 Å². The SMILES string of the molecule is COc1c(NN)ncnc1N1CC(C)CC(C)C1. The van der Waals surface area contributed by atoms with Crippen LogP contribution in [-0.2, 0) is 0 Å². The van der Waals surface area contributed by atoms with E-state index in [-0.39, 0.29) is 0 Å². The number of nitrogen functional groups attached to an aromatic ring is 1. The number of hydrogen-bond acceptors (Lipinski definition) is 6. The summed E-state index contributed by atoms with van der Waals surface area (Å²) >= 11 is 0. The highest BCUT2D eigenvalue weighted by Crippen LogP contribution is 2.34. The first-order valence-corrected chi connectivity index (χ1v) is 6.26. The molecule has 1 aromatic heterocycles. The topological polar surface area (TPSA) is 76.3 Å². The van der Waals surface area contributed by atoms with Crippen LogP contribution >= 0.6 is 0 Å². The van der Waals surface area contributed by atoms with E-state index in [0.717, 1.165) is 18.9 Å². The molecule has 0 saturated carbocycles. The van der Waals surface area contributed by atoms with Gasteiger partial charge in [0.05, 0.1) is 7.11 Å². The van der Waals surface area contributed by atoms with Crippen LogP contribution in [0.1, 0.15) is 20.3 Å². The lowest BCUT2D eigenvalue weighted by Gasteiger charge is -2.36. The smallest absolute Gasteiger partial charge is 0.205 e. The van der Waals surface area contributed by atoms with Gasteiger partial charge in [-0.1, -0.05) is 13.8 Å². The van der Waals surface area contributed by atoms with Gasteiger partial charge in [-0.3, -0.25) is 0 Å². The van der Waals surface area contributed by atoms with E-state index in [4.69, 9.17) is 10.6 Å². The molecule has 3 N–H and O–H groups in total. The van der Waals surface area contributed by atoms with Crippen molar-refractivity contribution in [3.05, 3.63) is 6.33 Å². The van der Waals surface area contributed by atoms with Crippen molar-refractivity contribution in [3.63, 3.8) is 0 Å². The van der Waals surface area contributed by atoms with Crippen molar-refractivity contribution < 1.29 is 4.74 Å². The third-order valence-corrected chi connectivity index (χ3v) is 3.29. The molecule has 0 spiro atoms. The molecule has 0 aliphatic carbocycles. The second kappa shape index (κ2) is 5.39. The van der Waals surface area contributed by atoms with Crippen molar-refractivity contribution in [1.82, 2.24) is 9.97 Å². The fourth-order valence-electron chi connectivity index (χ4n) is 2.72. The summed E-state index contributed by atoms with van der Waals surface area (Å²) in [5.74, 6) is 8.70. The van der Waals surface area contributed by atoms with Gasteiger partial charge in [0.2, 0.25) is 5.75 Å². The maximum atomic E-state index is 5.44. The van der Waals surface area contributed by atoms with E-state index in [1.807, 2.05) is 0 Å². The number of anilines is 2. The molecule has 0 radical (unpaired) electrons. The second-order valence-corrected chi connectivity index (χ2v) is 5.07. The van der Waals surface area contributed by atoms with E-state index < -0.39 is 0 Å². The molecule has 1 aliphatic rings. The highest BCUT2D eigenvalue weighted by atomic mass is 16.5. The molecule has 6 nitrogen and oxygen atoms in total. The minimum atomic E-state index is 0.522. The van der Waals surface area contributed by atoms with Gasteiger partial charge in [-0.15, -0.1) is 0 Å². The maximum absolute atomic E-state index is 5.44. The summed E-state index contributed by atoms with van der Waals surface area (Å²) in [5, 5.41) is 0. The van der Waals surface area contributed by atoms with Crippen LogP contribution in [0, 0.1) is 11.8 Å². The van der Waals surface area contributed by atoms with Crippen molar-refractivity contribution in [1.29, 1.82) is 0 Å². The molecule has 1 aromatic rings. The summed E-state index contributed by atoms with van der Waals surface area (Å²) in [6, 6.07) is 0. The number of nitrogens with two attached hydrogens (primary N) is 1. The number of hydrazine groups is 1. The molecule has 0 aromatic carbocycles. The van der Waals surface area contributed by atoms with E-state index in [9.17, 15) is 0 Å². The normalized spacial score (nSPS) is 23.9. The van der Waals surface area contributed by atoms with Gasteiger partial charge in [0, 0.05) is 13.1 Å². The minimum absolute atomic E-state index is 0.522. The molecule has 0 amide bonds. The van der Waals surface area contributed by atoms with Gasteiger partial charge in [0.1, 0.15) is 6.33 Å². The van der Waals surface area contributed by atoms with Gasteiger partial charge >= 0.3 is 0 Å². The Bertz CT molecular complexity index is 401. The Morgan fingerprint density at radius 3 is 2.56 bits per heavy atom. The van der Waals surface area contributed by atoms with Crippen molar-refractivity contribution in [2.24, 2.45) is 17.7 Å². The molecule has 2 heterocycles. The Labute approximate surface area is 108 Å². The lowest BCUT2D eigenvalue weighted by molar-refractivity contribution is 0.349. The lowest BCUT2D eigenvalue weighted by Crippen LogP contribution is -2.39. The zero-order valence-corrected chi connectivity index (χ0v) is 11.2. The zero-order valence-electron chi connectivity index (χ0n) is 11.2. The largest absolute Gasteiger partial charge is 0.490 e. The third kappa shape index (κ3) is 2.48. The van der Waals surface area contributed by atoms with Crippen LogP contribution in [0.4, 0.5) is 11.6 Å². The number of aromatic nitrogens is 2. The van der Waals surface area contributed by atoms with Crippen LogP contribution in [-0.4, -0.2) is 30.2 Å². The Morgan fingerprint density at radius 1 is 1.33 bits per heavy atom. The van der Waals surface area contributed by atoms with E-state index in [0.29, 0.717) is 23.4 Å². The van der Waals surface area contributed by atoms with Crippen molar-refractivity contribution in [2.45, 2.75) is 20.3 Å². The predicted molar refractivity (Wildman–Crippen MR) is 71.6 cm³/mol. The van der Waals surface area contributed by atoms with E-state index >= 15 is 0 Å². The molecule has 1 fully saturated rings. The molecular weight excluding hydrogens is 230 g/mol. The predicted octanol–water partition coefficient (Wildman–Crippen LogP) is 1.25. The number of hydrogen-bond donors (Lipinski definition) is 2. The standard InChI is InChI=1S/C12H21N5O/c1-8-4-9(2)6-17(5-8)12-10(18-3)11(16-13)14-7-15-12/h7-9H,4-6,13H2,1-3H3,(H,14,15,16). The van der Waals surface area contributed by atoms with Crippen LogP contribution in [0.15, 0.2) is 6.33 Å². The first-order valence-electron chi connectivity index (χ1n) is 6.26.